The third kappa shape index (κ3) is 9.07. The van der Waals surface area contributed by atoms with E-state index in [4.69, 9.17) is 4.98 Å². The van der Waals surface area contributed by atoms with Crippen LogP contribution in [0.1, 0.15) is 113 Å². The van der Waals surface area contributed by atoms with E-state index in [0.717, 1.165) is 29.8 Å². The molecule has 1 aromatic carbocycles. The van der Waals surface area contributed by atoms with Gasteiger partial charge in [-0.2, -0.15) is 0 Å². The highest BCUT2D eigenvalue weighted by molar-refractivity contribution is 5.93. The number of aryl methyl sites for hydroxylation is 1. The Hall–Kier alpha value is -2.69. The van der Waals surface area contributed by atoms with Crippen molar-refractivity contribution in [3.05, 3.63) is 60.2 Å². The Morgan fingerprint density at radius 3 is 2.03 bits per heavy atom. The van der Waals surface area contributed by atoms with Crippen LogP contribution in [-0.2, 0) is 13.1 Å². The molecule has 3 rings (SSSR count). The van der Waals surface area contributed by atoms with Crippen LogP contribution in [0.2, 0.25) is 0 Å². The van der Waals surface area contributed by atoms with Crippen molar-refractivity contribution in [2.24, 2.45) is 0 Å². The molecular weight excluding hydrogens is 444 g/mol. The van der Waals surface area contributed by atoms with Crippen molar-refractivity contribution < 1.29 is 4.79 Å². The molecule has 0 spiro atoms. The highest BCUT2D eigenvalue weighted by Crippen LogP contribution is 2.20. The van der Waals surface area contributed by atoms with E-state index in [1.165, 1.54) is 83.5 Å². The first kappa shape index (κ1) is 27.9. The van der Waals surface area contributed by atoms with Gasteiger partial charge in [-0.25, -0.2) is 4.98 Å². The third-order valence-electron chi connectivity index (χ3n) is 7.10. The van der Waals surface area contributed by atoms with E-state index in [2.05, 4.69) is 34.7 Å². The van der Waals surface area contributed by atoms with Crippen LogP contribution >= 0.6 is 0 Å². The van der Waals surface area contributed by atoms with Gasteiger partial charge in [-0.15, -0.1) is 0 Å². The van der Waals surface area contributed by atoms with Crippen LogP contribution in [0.15, 0.2) is 48.8 Å². The first-order valence-corrected chi connectivity index (χ1v) is 14.3. The number of carbonyl (C=O) groups excluding carboxylic acids is 1. The number of hydrogen-bond donors (Lipinski definition) is 0. The van der Waals surface area contributed by atoms with Crippen LogP contribution in [-0.4, -0.2) is 32.4 Å². The van der Waals surface area contributed by atoms with Crippen molar-refractivity contribution in [1.82, 2.24) is 19.4 Å². The Balaban J connectivity index is 1.38. The summed E-state index contributed by atoms with van der Waals surface area (Å²) in [5, 5.41) is 0. The molecule has 3 aromatic rings. The summed E-state index contributed by atoms with van der Waals surface area (Å²) in [6.45, 7) is 3.72. The van der Waals surface area contributed by atoms with Crippen LogP contribution in [0.5, 0.6) is 0 Å². The minimum absolute atomic E-state index is 0.0294. The Bertz CT molecular complexity index is 1010. The minimum atomic E-state index is -0.0294. The van der Waals surface area contributed by atoms with E-state index in [9.17, 15) is 4.79 Å². The molecule has 0 atom stereocenters. The summed E-state index contributed by atoms with van der Waals surface area (Å²) < 4.78 is 2.31. The van der Waals surface area contributed by atoms with Crippen molar-refractivity contribution in [1.29, 1.82) is 0 Å². The molecule has 0 aliphatic carbocycles. The van der Waals surface area contributed by atoms with E-state index in [0.29, 0.717) is 12.1 Å². The fourth-order valence-corrected chi connectivity index (χ4v) is 4.95. The smallest absolute Gasteiger partial charge is 0.255 e. The highest BCUT2D eigenvalue weighted by Gasteiger charge is 2.17. The quantitative estimate of drug-likeness (QED) is 0.169. The number of unbranched alkanes of at least 4 members (excludes halogenated alkanes) is 13. The molecular formula is C31H46N4O. The van der Waals surface area contributed by atoms with Gasteiger partial charge in [0.15, 0.2) is 0 Å². The summed E-state index contributed by atoms with van der Waals surface area (Å²) in [6, 6.07) is 11.9. The Morgan fingerprint density at radius 1 is 0.806 bits per heavy atom. The molecule has 2 aromatic heterocycles. The summed E-state index contributed by atoms with van der Waals surface area (Å²) in [7, 11) is 1.84. The molecule has 0 aliphatic rings. The number of nitrogens with zero attached hydrogens (tertiary/aromatic N) is 4. The molecule has 36 heavy (non-hydrogen) atoms. The first-order chi connectivity index (χ1) is 17.7. The summed E-state index contributed by atoms with van der Waals surface area (Å²) in [5.74, 6) is 0.920. The molecule has 5 nitrogen and oxygen atoms in total. The second kappa shape index (κ2) is 16.1. The SMILES string of the molecule is CCCCCCCCCCCCCCCCn1c(CN(C)C(=O)c2cccnc2)nc2ccccc21. The van der Waals surface area contributed by atoms with Crippen molar-refractivity contribution in [3.8, 4) is 0 Å². The van der Waals surface area contributed by atoms with Gasteiger partial charge < -0.3 is 9.47 Å². The van der Waals surface area contributed by atoms with E-state index < -0.39 is 0 Å². The maximum absolute atomic E-state index is 12.8. The van der Waals surface area contributed by atoms with E-state index in [1.54, 1.807) is 23.4 Å². The first-order valence-electron chi connectivity index (χ1n) is 14.3. The molecule has 2 heterocycles. The predicted octanol–water partition coefficient (Wildman–Crippen LogP) is 8.18. The van der Waals surface area contributed by atoms with Crippen LogP contribution in [0.25, 0.3) is 11.0 Å². The fourth-order valence-electron chi connectivity index (χ4n) is 4.95. The number of amides is 1. The van der Waals surface area contributed by atoms with Crippen molar-refractivity contribution >= 4 is 16.9 Å². The van der Waals surface area contributed by atoms with Crippen LogP contribution < -0.4 is 0 Å². The average Bonchev–Trinajstić information content (AvgIpc) is 3.25. The van der Waals surface area contributed by atoms with E-state index >= 15 is 0 Å². The Labute approximate surface area is 218 Å². The second-order valence-corrected chi connectivity index (χ2v) is 10.2. The van der Waals surface area contributed by atoms with Crippen LogP contribution in [0, 0.1) is 0 Å². The number of pyridine rings is 1. The highest BCUT2D eigenvalue weighted by atomic mass is 16.2. The summed E-state index contributed by atoms with van der Waals surface area (Å²) in [4.78, 5) is 23.5. The molecule has 0 saturated heterocycles. The molecule has 1 amide bonds. The normalized spacial score (nSPS) is 11.3. The Kier molecular flexibility index (Phi) is 12.5. The molecule has 196 valence electrons. The average molecular weight is 491 g/mol. The number of imidazole rings is 1. The fraction of sp³-hybridized carbons (Fsp3) is 0.581. The van der Waals surface area contributed by atoms with E-state index in [1.807, 2.05) is 19.2 Å². The molecule has 0 bridgehead atoms. The molecule has 0 N–H and O–H groups in total. The van der Waals surface area contributed by atoms with Gasteiger partial charge in [-0.1, -0.05) is 103 Å². The van der Waals surface area contributed by atoms with Gasteiger partial charge in [0.05, 0.1) is 23.1 Å². The lowest BCUT2D eigenvalue weighted by molar-refractivity contribution is 0.0779. The molecule has 0 unspecified atom stereocenters. The number of fused-ring (bicyclic) bond motifs is 1. The van der Waals surface area contributed by atoms with Crippen LogP contribution in [0.4, 0.5) is 0 Å². The maximum atomic E-state index is 12.8. The third-order valence-corrected chi connectivity index (χ3v) is 7.10. The monoisotopic (exact) mass is 490 g/mol. The number of rotatable bonds is 18. The van der Waals surface area contributed by atoms with Gasteiger partial charge in [0, 0.05) is 26.0 Å². The summed E-state index contributed by atoms with van der Waals surface area (Å²) in [5.41, 5.74) is 2.76. The second-order valence-electron chi connectivity index (χ2n) is 10.2. The van der Waals surface area contributed by atoms with Gasteiger partial charge in [0.2, 0.25) is 0 Å². The zero-order valence-electron chi connectivity index (χ0n) is 22.6. The zero-order chi connectivity index (χ0) is 25.4. The van der Waals surface area contributed by atoms with E-state index in [-0.39, 0.29) is 5.91 Å². The van der Waals surface area contributed by atoms with Crippen LogP contribution in [0.3, 0.4) is 0 Å². The lowest BCUT2D eigenvalue weighted by atomic mass is 10.0. The topological polar surface area (TPSA) is 51.0 Å². The van der Waals surface area contributed by atoms with Gasteiger partial charge in [-0.05, 0) is 30.7 Å². The minimum Gasteiger partial charge on any atom is -0.334 e. The number of aromatic nitrogens is 3. The molecule has 5 heteroatoms. The number of para-hydroxylation sites is 2. The van der Waals surface area contributed by atoms with Gasteiger partial charge in [0.1, 0.15) is 5.82 Å². The Morgan fingerprint density at radius 2 is 1.42 bits per heavy atom. The van der Waals surface area contributed by atoms with Gasteiger partial charge in [0.25, 0.3) is 5.91 Å². The lowest BCUT2D eigenvalue weighted by Gasteiger charge is -2.18. The van der Waals surface area contributed by atoms with Crippen molar-refractivity contribution in [2.75, 3.05) is 7.05 Å². The number of hydrogen-bond acceptors (Lipinski definition) is 3. The molecule has 0 radical (unpaired) electrons. The molecule has 0 fully saturated rings. The van der Waals surface area contributed by atoms with Gasteiger partial charge in [-0.3, -0.25) is 9.78 Å². The molecule has 0 saturated carbocycles. The van der Waals surface area contributed by atoms with Crippen molar-refractivity contribution in [2.45, 2.75) is 110 Å². The van der Waals surface area contributed by atoms with Gasteiger partial charge >= 0.3 is 0 Å². The number of carbonyl (C=O) groups is 1. The lowest BCUT2D eigenvalue weighted by Crippen LogP contribution is -2.27. The summed E-state index contributed by atoms with van der Waals surface area (Å²) >= 11 is 0. The number of benzene rings is 1. The largest absolute Gasteiger partial charge is 0.334 e. The molecule has 0 aliphatic heterocycles. The zero-order valence-corrected chi connectivity index (χ0v) is 22.6. The summed E-state index contributed by atoms with van der Waals surface area (Å²) in [6.07, 6.45) is 22.4. The van der Waals surface area contributed by atoms with Crippen molar-refractivity contribution in [3.63, 3.8) is 0 Å². The predicted molar refractivity (Wildman–Crippen MR) is 150 cm³/mol. The maximum Gasteiger partial charge on any atom is 0.255 e. The standard InChI is InChI=1S/C31H46N4O/c1-3-4-5-6-7-8-9-10-11-12-13-14-15-18-24-35-29-22-17-16-21-28(29)33-30(35)26-34(2)31(36)27-20-19-23-32-25-27/h16-17,19-23,25H,3-15,18,24,26H2,1-2H3.